The number of benzene rings is 1. The van der Waals surface area contributed by atoms with Crippen molar-refractivity contribution in [2.45, 2.75) is 46.1 Å². The molecule has 0 unspecified atom stereocenters. The molecule has 0 spiro atoms. The monoisotopic (exact) mass is 330 g/mol. The third kappa shape index (κ3) is 5.36. The van der Waals surface area contributed by atoms with Crippen molar-refractivity contribution < 1.29 is 9.59 Å². The van der Waals surface area contributed by atoms with Crippen LogP contribution in [0.1, 0.15) is 45.1 Å². The van der Waals surface area contributed by atoms with Crippen molar-refractivity contribution in [3.05, 3.63) is 35.9 Å². The lowest BCUT2D eigenvalue weighted by atomic mass is 9.81. The Hall–Kier alpha value is -1.84. The predicted molar refractivity (Wildman–Crippen MR) is 96.2 cm³/mol. The number of hydrogen-bond acceptors (Lipinski definition) is 2. The molecule has 1 aliphatic rings. The van der Waals surface area contributed by atoms with Crippen LogP contribution in [0.15, 0.2) is 30.3 Å². The zero-order chi connectivity index (χ0) is 17.5. The molecule has 0 atom stereocenters. The maximum Gasteiger partial charge on any atom is 0.225 e. The van der Waals surface area contributed by atoms with Gasteiger partial charge in [-0.25, -0.2) is 0 Å². The Morgan fingerprint density at radius 3 is 2.25 bits per heavy atom. The summed E-state index contributed by atoms with van der Waals surface area (Å²) in [5.74, 6) is 0.978. The largest absolute Gasteiger partial charge is 0.356 e. The van der Waals surface area contributed by atoms with E-state index in [1.165, 1.54) is 0 Å². The van der Waals surface area contributed by atoms with E-state index in [-0.39, 0.29) is 23.7 Å². The fourth-order valence-electron chi connectivity index (χ4n) is 3.30. The highest BCUT2D eigenvalue weighted by Gasteiger charge is 2.31. The molecule has 0 bridgehead atoms. The number of hydrogen-bond donors (Lipinski definition) is 1. The Labute approximate surface area is 145 Å². The van der Waals surface area contributed by atoms with Crippen LogP contribution in [-0.2, 0) is 16.1 Å². The summed E-state index contributed by atoms with van der Waals surface area (Å²) in [7, 11) is 1.87. The van der Waals surface area contributed by atoms with Crippen LogP contribution in [0.2, 0.25) is 0 Å². The molecule has 1 fully saturated rings. The summed E-state index contributed by atoms with van der Waals surface area (Å²) in [6, 6.07) is 10.1. The molecule has 0 radical (unpaired) electrons. The van der Waals surface area contributed by atoms with Gasteiger partial charge in [0, 0.05) is 32.0 Å². The average molecular weight is 330 g/mol. The third-order valence-electron chi connectivity index (χ3n) is 4.77. The molecule has 24 heavy (non-hydrogen) atoms. The van der Waals surface area contributed by atoms with Gasteiger partial charge in [0.05, 0.1) is 0 Å². The maximum atomic E-state index is 12.6. The van der Waals surface area contributed by atoms with Crippen LogP contribution in [0, 0.1) is 17.8 Å². The highest BCUT2D eigenvalue weighted by atomic mass is 16.2. The second-order valence-electron chi connectivity index (χ2n) is 7.37. The van der Waals surface area contributed by atoms with Crippen LogP contribution in [0.3, 0.4) is 0 Å². The van der Waals surface area contributed by atoms with Crippen LogP contribution in [0.4, 0.5) is 0 Å². The van der Waals surface area contributed by atoms with E-state index in [1.807, 2.05) is 42.3 Å². The van der Waals surface area contributed by atoms with E-state index < -0.39 is 0 Å². The van der Waals surface area contributed by atoms with Crippen LogP contribution in [0.5, 0.6) is 0 Å². The van der Waals surface area contributed by atoms with E-state index in [4.69, 9.17) is 0 Å². The van der Waals surface area contributed by atoms with E-state index in [0.717, 1.165) is 37.8 Å². The number of amides is 2. The lowest BCUT2D eigenvalue weighted by molar-refractivity contribution is -0.137. The molecule has 1 aromatic rings. The molecule has 0 aromatic heterocycles. The van der Waals surface area contributed by atoms with Crippen molar-refractivity contribution in [1.29, 1.82) is 0 Å². The van der Waals surface area contributed by atoms with Gasteiger partial charge in [0.25, 0.3) is 0 Å². The molecule has 1 aliphatic carbocycles. The zero-order valence-corrected chi connectivity index (χ0v) is 15.1. The first kappa shape index (κ1) is 18.5. The van der Waals surface area contributed by atoms with Crippen molar-refractivity contribution in [3.8, 4) is 0 Å². The summed E-state index contributed by atoms with van der Waals surface area (Å²) >= 11 is 0. The Bertz CT molecular complexity index is 534. The van der Waals surface area contributed by atoms with Crippen LogP contribution in [-0.4, -0.2) is 30.3 Å². The van der Waals surface area contributed by atoms with Gasteiger partial charge in [-0.05, 0) is 37.2 Å². The minimum absolute atomic E-state index is 0.0628. The number of nitrogens with one attached hydrogen (secondary N) is 1. The highest BCUT2D eigenvalue weighted by Crippen LogP contribution is 2.30. The fraction of sp³-hybridized carbons (Fsp3) is 0.600. The number of carbonyl (C=O) groups excluding carboxylic acids is 2. The van der Waals surface area contributed by atoms with Crippen molar-refractivity contribution in [1.82, 2.24) is 10.2 Å². The maximum absolute atomic E-state index is 12.6. The summed E-state index contributed by atoms with van der Waals surface area (Å²) < 4.78 is 0. The molecule has 2 amide bonds. The lowest BCUT2D eigenvalue weighted by Gasteiger charge is -2.30. The predicted octanol–water partition coefficient (Wildman–Crippen LogP) is 3.22. The Balaban J connectivity index is 1.78. The topological polar surface area (TPSA) is 49.4 Å². The van der Waals surface area contributed by atoms with Gasteiger partial charge >= 0.3 is 0 Å². The third-order valence-corrected chi connectivity index (χ3v) is 4.77. The number of carbonyl (C=O) groups is 2. The molecular formula is C20H30N2O2. The van der Waals surface area contributed by atoms with Crippen molar-refractivity contribution in [2.75, 3.05) is 13.6 Å². The van der Waals surface area contributed by atoms with E-state index >= 15 is 0 Å². The van der Waals surface area contributed by atoms with E-state index in [9.17, 15) is 9.59 Å². The van der Waals surface area contributed by atoms with Gasteiger partial charge in [-0.15, -0.1) is 0 Å². The highest BCUT2D eigenvalue weighted by molar-refractivity contribution is 5.81. The second kappa shape index (κ2) is 8.86. The molecule has 1 N–H and O–H groups in total. The minimum Gasteiger partial charge on any atom is -0.356 e. The fourth-order valence-corrected chi connectivity index (χ4v) is 3.30. The summed E-state index contributed by atoms with van der Waals surface area (Å²) in [6.45, 7) is 5.57. The Morgan fingerprint density at radius 1 is 1.08 bits per heavy atom. The molecular weight excluding hydrogens is 300 g/mol. The lowest BCUT2D eigenvalue weighted by Crippen LogP contribution is -2.38. The van der Waals surface area contributed by atoms with Gasteiger partial charge in [-0.1, -0.05) is 44.2 Å². The first-order valence-electron chi connectivity index (χ1n) is 9.04. The van der Waals surface area contributed by atoms with E-state index in [1.54, 1.807) is 0 Å². The van der Waals surface area contributed by atoms with Gasteiger partial charge in [-0.3, -0.25) is 9.59 Å². The smallest absolute Gasteiger partial charge is 0.225 e. The molecule has 0 aliphatic heterocycles. The van der Waals surface area contributed by atoms with Crippen LogP contribution in [0.25, 0.3) is 0 Å². The summed E-state index contributed by atoms with van der Waals surface area (Å²) in [5, 5.41) is 3.02. The van der Waals surface area contributed by atoms with Crippen molar-refractivity contribution in [2.24, 2.45) is 17.8 Å². The summed E-state index contributed by atoms with van der Waals surface area (Å²) in [6.07, 6.45) is 3.27. The summed E-state index contributed by atoms with van der Waals surface area (Å²) in [4.78, 5) is 26.6. The molecule has 1 aromatic carbocycles. The SMILES string of the molecule is CC(C)CNC(=O)C1CCC(C(=O)N(C)Cc2ccccc2)CC1. The number of nitrogens with zero attached hydrogens (tertiary/aromatic N) is 1. The van der Waals surface area contributed by atoms with Gasteiger partial charge < -0.3 is 10.2 Å². The van der Waals surface area contributed by atoms with Gasteiger partial charge in [-0.2, -0.15) is 0 Å². The zero-order valence-electron chi connectivity index (χ0n) is 15.1. The molecule has 4 heteroatoms. The molecule has 0 saturated heterocycles. The molecule has 4 nitrogen and oxygen atoms in total. The minimum atomic E-state index is 0.0628. The Kier molecular flexibility index (Phi) is 6.83. The van der Waals surface area contributed by atoms with Gasteiger partial charge in [0.2, 0.25) is 11.8 Å². The standard InChI is InChI=1S/C20H30N2O2/c1-15(2)13-21-19(23)17-9-11-18(12-10-17)20(24)22(3)14-16-7-5-4-6-8-16/h4-8,15,17-18H,9-14H2,1-3H3,(H,21,23). The molecule has 132 valence electrons. The quantitative estimate of drug-likeness (QED) is 0.870. The average Bonchev–Trinajstić information content (AvgIpc) is 2.60. The van der Waals surface area contributed by atoms with E-state index in [2.05, 4.69) is 19.2 Å². The number of rotatable bonds is 6. The van der Waals surface area contributed by atoms with Gasteiger partial charge in [0.1, 0.15) is 0 Å². The summed E-state index contributed by atoms with van der Waals surface area (Å²) in [5.41, 5.74) is 1.15. The van der Waals surface area contributed by atoms with Crippen molar-refractivity contribution in [3.63, 3.8) is 0 Å². The normalized spacial score (nSPS) is 20.7. The van der Waals surface area contributed by atoms with Gasteiger partial charge in [0.15, 0.2) is 0 Å². The first-order valence-corrected chi connectivity index (χ1v) is 9.04. The first-order chi connectivity index (χ1) is 11.5. The van der Waals surface area contributed by atoms with Crippen molar-refractivity contribution >= 4 is 11.8 Å². The van der Waals surface area contributed by atoms with Crippen LogP contribution >= 0.6 is 0 Å². The van der Waals surface area contributed by atoms with E-state index in [0.29, 0.717) is 12.5 Å². The molecule has 0 heterocycles. The molecule has 1 saturated carbocycles. The Morgan fingerprint density at radius 2 is 1.67 bits per heavy atom. The second-order valence-corrected chi connectivity index (χ2v) is 7.37. The molecule has 2 rings (SSSR count). The van der Waals surface area contributed by atoms with Crippen LogP contribution < -0.4 is 5.32 Å².